The van der Waals surface area contributed by atoms with E-state index in [0.717, 1.165) is 6.42 Å². The zero-order chi connectivity index (χ0) is 10.8. The van der Waals surface area contributed by atoms with Gasteiger partial charge < -0.3 is 5.32 Å². The first-order valence-electron chi connectivity index (χ1n) is 4.97. The van der Waals surface area contributed by atoms with Gasteiger partial charge >= 0.3 is 0 Å². The Morgan fingerprint density at radius 3 is 2.50 bits per heavy atom. The van der Waals surface area contributed by atoms with Crippen LogP contribution in [-0.2, 0) is 9.84 Å². The average molecular weight is 217 g/mol. The van der Waals surface area contributed by atoms with Crippen LogP contribution in [0.5, 0.6) is 0 Å². The highest BCUT2D eigenvalue weighted by Crippen LogP contribution is 2.22. The van der Waals surface area contributed by atoms with E-state index in [1.54, 1.807) is 0 Å². The summed E-state index contributed by atoms with van der Waals surface area (Å²) in [6.07, 6.45) is 2.91. The minimum absolute atomic E-state index is 0.206. The van der Waals surface area contributed by atoms with Crippen LogP contribution in [0.4, 0.5) is 0 Å². The normalized spacial score (nSPS) is 27.2. The summed E-state index contributed by atoms with van der Waals surface area (Å²) in [5.41, 5.74) is 1.23. The van der Waals surface area contributed by atoms with Crippen LogP contribution in [0.2, 0.25) is 0 Å². The summed E-state index contributed by atoms with van der Waals surface area (Å²) in [6.45, 7) is 4.07. The third kappa shape index (κ3) is 3.10. The summed E-state index contributed by atoms with van der Waals surface area (Å²) in [7, 11) is -0.872. The lowest BCUT2D eigenvalue weighted by Gasteiger charge is -2.18. The van der Waals surface area contributed by atoms with Crippen molar-refractivity contribution in [3.8, 4) is 0 Å². The molecule has 1 fully saturated rings. The number of nitrogens with one attached hydrogen (secondary N) is 1. The van der Waals surface area contributed by atoms with E-state index in [4.69, 9.17) is 0 Å². The van der Waals surface area contributed by atoms with Crippen LogP contribution in [0.1, 0.15) is 20.3 Å². The van der Waals surface area contributed by atoms with E-state index >= 15 is 0 Å². The van der Waals surface area contributed by atoms with Crippen molar-refractivity contribution in [2.75, 3.05) is 18.6 Å². The number of rotatable bonds is 3. The first-order chi connectivity index (χ1) is 6.44. The van der Waals surface area contributed by atoms with Gasteiger partial charge in [-0.15, -0.1) is 0 Å². The minimum atomic E-state index is -2.76. The summed E-state index contributed by atoms with van der Waals surface area (Å²) in [4.78, 5) is 0. The predicted molar refractivity (Wildman–Crippen MR) is 59.0 cm³/mol. The minimum Gasteiger partial charge on any atom is -0.313 e. The lowest BCUT2D eigenvalue weighted by Crippen LogP contribution is -2.32. The zero-order valence-electron chi connectivity index (χ0n) is 9.08. The van der Waals surface area contributed by atoms with E-state index in [0.29, 0.717) is 11.5 Å². The third-order valence-electron chi connectivity index (χ3n) is 2.62. The number of hydrogen-bond acceptors (Lipinski definition) is 3. The summed E-state index contributed by atoms with van der Waals surface area (Å²) >= 11 is 0. The molecule has 1 aliphatic heterocycles. The molecular weight excluding hydrogens is 198 g/mol. The molecule has 3 nitrogen and oxygen atoms in total. The van der Waals surface area contributed by atoms with Gasteiger partial charge in [-0.05, 0) is 33.2 Å². The van der Waals surface area contributed by atoms with E-state index in [1.807, 2.05) is 20.9 Å². The maximum atomic E-state index is 11.3. The maximum absolute atomic E-state index is 11.3. The van der Waals surface area contributed by atoms with Crippen LogP contribution >= 0.6 is 0 Å². The molecule has 4 heteroatoms. The molecule has 1 N–H and O–H groups in total. The fourth-order valence-corrected chi connectivity index (χ4v) is 3.78. The molecule has 14 heavy (non-hydrogen) atoms. The Balaban J connectivity index is 2.69. The second kappa shape index (κ2) is 4.45. The standard InChI is InChI=1S/C10H19NO2S/c1-8(2)6-10(11-3)9-4-5-14(12,13)7-9/h6,9-11H,4-5,7H2,1-3H3. The highest BCUT2D eigenvalue weighted by atomic mass is 32.2. The fraction of sp³-hybridized carbons (Fsp3) is 0.800. The van der Waals surface area contributed by atoms with Crippen molar-refractivity contribution >= 4 is 9.84 Å². The van der Waals surface area contributed by atoms with Crippen molar-refractivity contribution in [2.45, 2.75) is 26.3 Å². The molecule has 1 saturated heterocycles. The summed E-state index contributed by atoms with van der Waals surface area (Å²) in [6, 6.07) is 0.206. The number of likely N-dealkylation sites (N-methyl/N-ethyl adjacent to an activating group) is 1. The molecule has 0 aromatic carbocycles. The Hall–Kier alpha value is -0.350. The molecule has 1 heterocycles. The molecule has 0 aliphatic carbocycles. The first-order valence-corrected chi connectivity index (χ1v) is 6.79. The van der Waals surface area contributed by atoms with Crippen molar-refractivity contribution in [2.24, 2.45) is 5.92 Å². The van der Waals surface area contributed by atoms with Crippen molar-refractivity contribution in [1.29, 1.82) is 0 Å². The lowest BCUT2D eigenvalue weighted by atomic mass is 9.98. The highest BCUT2D eigenvalue weighted by molar-refractivity contribution is 7.91. The Kier molecular flexibility index (Phi) is 3.72. The van der Waals surface area contributed by atoms with Crippen LogP contribution in [-0.4, -0.2) is 33.0 Å². The van der Waals surface area contributed by atoms with Gasteiger partial charge in [-0.1, -0.05) is 11.6 Å². The fourth-order valence-electron chi connectivity index (χ4n) is 1.92. The quantitative estimate of drug-likeness (QED) is 0.717. The van der Waals surface area contributed by atoms with Gasteiger partial charge in [-0.3, -0.25) is 0 Å². The van der Waals surface area contributed by atoms with Crippen molar-refractivity contribution < 1.29 is 8.42 Å². The average Bonchev–Trinajstić information content (AvgIpc) is 2.41. The van der Waals surface area contributed by atoms with Gasteiger partial charge in [0.1, 0.15) is 0 Å². The van der Waals surface area contributed by atoms with E-state index < -0.39 is 9.84 Å². The lowest BCUT2D eigenvalue weighted by molar-refractivity contribution is 0.468. The molecule has 0 aromatic rings. The molecule has 2 unspecified atom stereocenters. The van der Waals surface area contributed by atoms with Gasteiger partial charge in [-0.2, -0.15) is 0 Å². The van der Waals surface area contributed by atoms with E-state index in [9.17, 15) is 8.42 Å². The van der Waals surface area contributed by atoms with Gasteiger partial charge in [0.25, 0.3) is 0 Å². The Labute approximate surface area is 86.5 Å². The van der Waals surface area contributed by atoms with Crippen molar-refractivity contribution in [3.63, 3.8) is 0 Å². The summed E-state index contributed by atoms with van der Waals surface area (Å²) in [5, 5.41) is 3.17. The molecule has 0 bridgehead atoms. The van der Waals surface area contributed by atoms with Crippen LogP contribution in [0, 0.1) is 5.92 Å². The number of allylic oxidation sites excluding steroid dienone is 1. The molecule has 0 aromatic heterocycles. The van der Waals surface area contributed by atoms with E-state index in [1.165, 1.54) is 5.57 Å². The highest BCUT2D eigenvalue weighted by Gasteiger charge is 2.31. The first kappa shape index (κ1) is 11.7. The topological polar surface area (TPSA) is 46.2 Å². The van der Waals surface area contributed by atoms with Gasteiger partial charge in [0.15, 0.2) is 9.84 Å². The molecule has 0 saturated carbocycles. The largest absolute Gasteiger partial charge is 0.313 e. The Bertz CT molecular complexity index is 315. The molecule has 2 atom stereocenters. The Morgan fingerprint density at radius 1 is 1.50 bits per heavy atom. The number of sulfone groups is 1. The maximum Gasteiger partial charge on any atom is 0.150 e. The monoisotopic (exact) mass is 217 g/mol. The van der Waals surface area contributed by atoms with Gasteiger partial charge in [0, 0.05) is 6.04 Å². The van der Waals surface area contributed by atoms with Crippen LogP contribution in [0.25, 0.3) is 0 Å². The molecule has 0 radical (unpaired) electrons. The molecule has 0 spiro atoms. The van der Waals surface area contributed by atoms with Crippen LogP contribution in [0.3, 0.4) is 0 Å². The van der Waals surface area contributed by atoms with E-state index in [-0.39, 0.29) is 12.0 Å². The van der Waals surface area contributed by atoms with Crippen LogP contribution in [0.15, 0.2) is 11.6 Å². The number of hydrogen-bond donors (Lipinski definition) is 1. The second-order valence-corrected chi connectivity index (χ2v) is 6.45. The van der Waals surface area contributed by atoms with E-state index in [2.05, 4.69) is 11.4 Å². The SMILES string of the molecule is CNC(C=C(C)C)C1CCS(=O)(=O)C1. The predicted octanol–water partition coefficient (Wildman–Crippen LogP) is 0.975. The second-order valence-electron chi connectivity index (χ2n) is 4.22. The van der Waals surface area contributed by atoms with Crippen LogP contribution < -0.4 is 5.32 Å². The van der Waals surface area contributed by atoms with Gasteiger partial charge in [-0.25, -0.2) is 8.42 Å². The zero-order valence-corrected chi connectivity index (χ0v) is 9.89. The van der Waals surface area contributed by atoms with Gasteiger partial charge in [0.2, 0.25) is 0 Å². The molecule has 1 aliphatic rings. The van der Waals surface area contributed by atoms with Crippen molar-refractivity contribution in [1.82, 2.24) is 5.32 Å². The molecular formula is C10H19NO2S. The Morgan fingerprint density at radius 2 is 2.14 bits per heavy atom. The van der Waals surface area contributed by atoms with Gasteiger partial charge in [0.05, 0.1) is 11.5 Å². The van der Waals surface area contributed by atoms with Crippen molar-refractivity contribution in [3.05, 3.63) is 11.6 Å². The summed E-state index contributed by atoms with van der Waals surface area (Å²) < 4.78 is 22.6. The smallest absolute Gasteiger partial charge is 0.150 e. The molecule has 0 amide bonds. The third-order valence-corrected chi connectivity index (χ3v) is 4.42. The molecule has 82 valence electrons. The summed E-state index contributed by atoms with van der Waals surface area (Å²) in [5.74, 6) is 0.939. The molecule has 1 rings (SSSR count).